The van der Waals surface area contributed by atoms with Crippen LogP contribution in [0.5, 0.6) is 0 Å². The number of nitrogens with zero attached hydrogens (tertiary/aromatic N) is 1. The van der Waals surface area contributed by atoms with Crippen molar-refractivity contribution in [2.75, 3.05) is 13.1 Å². The molecule has 0 aromatic carbocycles. The van der Waals surface area contributed by atoms with Gasteiger partial charge in [-0.2, -0.15) is 0 Å². The minimum atomic E-state index is -0.499. The maximum Gasteiger partial charge on any atom is 0.407 e. The average molecular weight is 298 g/mol. The molecule has 122 valence electrons. The Bertz CT molecular complexity index is 348. The predicted octanol–water partition coefficient (Wildman–Crippen LogP) is 2.16. The van der Waals surface area contributed by atoms with Gasteiger partial charge >= 0.3 is 6.09 Å². The molecule has 0 aromatic rings. The molecular formula is C15H30N4O2. The summed E-state index contributed by atoms with van der Waals surface area (Å²) in [6.07, 6.45) is 4.27. The summed E-state index contributed by atoms with van der Waals surface area (Å²) in [7, 11) is 0. The highest BCUT2D eigenvalue weighted by Crippen LogP contribution is 2.06. The van der Waals surface area contributed by atoms with Crippen LogP contribution in [0.4, 0.5) is 4.79 Å². The second-order valence-electron chi connectivity index (χ2n) is 5.88. The van der Waals surface area contributed by atoms with E-state index in [0.717, 1.165) is 19.3 Å². The van der Waals surface area contributed by atoms with E-state index < -0.39 is 11.7 Å². The van der Waals surface area contributed by atoms with Crippen molar-refractivity contribution in [3.8, 4) is 0 Å². The predicted molar refractivity (Wildman–Crippen MR) is 87.4 cm³/mol. The largest absolute Gasteiger partial charge is 0.444 e. The first-order valence-corrected chi connectivity index (χ1v) is 7.42. The zero-order valence-corrected chi connectivity index (χ0v) is 13.7. The highest BCUT2D eigenvalue weighted by atomic mass is 16.6. The second kappa shape index (κ2) is 10.1. The van der Waals surface area contributed by atoms with E-state index in [2.05, 4.69) is 29.1 Å². The van der Waals surface area contributed by atoms with Crippen molar-refractivity contribution >= 4 is 12.1 Å². The zero-order chi connectivity index (χ0) is 16.3. The number of guanidine groups is 1. The molecule has 6 nitrogen and oxygen atoms in total. The number of rotatable bonds is 8. The van der Waals surface area contributed by atoms with Crippen molar-refractivity contribution in [3.05, 3.63) is 12.7 Å². The van der Waals surface area contributed by atoms with Gasteiger partial charge in [0.05, 0.1) is 6.54 Å². The van der Waals surface area contributed by atoms with Gasteiger partial charge < -0.3 is 21.1 Å². The van der Waals surface area contributed by atoms with Gasteiger partial charge in [0.25, 0.3) is 0 Å². The first-order chi connectivity index (χ1) is 9.78. The first kappa shape index (κ1) is 19.3. The summed E-state index contributed by atoms with van der Waals surface area (Å²) in [6, 6.07) is 0.0334. The molecule has 0 saturated carbocycles. The second-order valence-corrected chi connectivity index (χ2v) is 5.88. The monoisotopic (exact) mass is 298 g/mol. The normalized spacial score (nSPS) is 13.4. The van der Waals surface area contributed by atoms with Gasteiger partial charge in [0, 0.05) is 12.6 Å². The van der Waals surface area contributed by atoms with Gasteiger partial charge in [0.1, 0.15) is 5.60 Å². The van der Waals surface area contributed by atoms with E-state index in [1.807, 2.05) is 20.8 Å². The maximum absolute atomic E-state index is 11.7. The molecule has 0 aliphatic heterocycles. The smallest absolute Gasteiger partial charge is 0.407 e. The number of aliphatic imine (C=N–C) groups is 1. The fraction of sp³-hybridized carbons (Fsp3) is 0.733. The Balaban J connectivity index is 4.35. The van der Waals surface area contributed by atoms with Gasteiger partial charge in [-0.3, -0.25) is 0 Å². The van der Waals surface area contributed by atoms with Crippen LogP contribution in [0.25, 0.3) is 0 Å². The third-order valence-corrected chi connectivity index (χ3v) is 2.54. The van der Waals surface area contributed by atoms with E-state index in [9.17, 15) is 4.79 Å². The van der Waals surface area contributed by atoms with Crippen molar-refractivity contribution in [2.45, 2.75) is 58.6 Å². The van der Waals surface area contributed by atoms with Crippen molar-refractivity contribution in [3.63, 3.8) is 0 Å². The van der Waals surface area contributed by atoms with Gasteiger partial charge in [-0.25, -0.2) is 9.79 Å². The lowest BCUT2D eigenvalue weighted by Gasteiger charge is -2.23. The lowest BCUT2D eigenvalue weighted by Crippen LogP contribution is -2.47. The van der Waals surface area contributed by atoms with Crippen LogP contribution in [-0.4, -0.2) is 36.8 Å². The summed E-state index contributed by atoms with van der Waals surface area (Å²) in [6.45, 7) is 12.1. The van der Waals surface area contributed by atoms with Crippen LogP contribution < -0.4 is 16.4 Å². The van der Waals surface area contributed by atoms with Gasteiger partial charge in [-0.1, -0.05) is 25.8 Å². The Hall–Kier alpha value is -1.72. The number of amides is 1. The summed E-state index contributed by atoms with van der Waals surface area (Å²) >= 11 is 0. The molecular weight excluding hydrogens is 268 g/mol. The van der Waals surface area contributed by atoms with E-state index in [4.69, 9.17) is 10.5 Å². The molecule has 0 rings (SSSR count). The van der Waals surface area contributed by atoms with Crippen LogP contribution in [0.15, 0.2) is 17.6 Å². The number of nitrogens with two attached hydrogens (primary N) is 1. The van der Waals surface area contributed by atoms with E-state index in [1.165, 1.54) is 0 Å². The Morgan fingerprint density at radius 3 is 2.67 bits per heavy atom. The number of carbonyl (C=O) groups is 1. The topological polar surface area (TPSA) is 88.7 Å². The molecule has 0 aliphatic rings. The summed E-state index contributed by atoms with van der Waals surface area (Å²) in [5, 5.41) is 5.87. The number of alkyl carbamates (subject to hydrolysis) is 1. The van der Waals surface area contributed by atoms with Crippen molar-refractivity contribution < 1.29 is 9.53 Å². The molecule has 0 radical (unpaired) electrons. The molecule has 0 aliphatic carbocycles. The molecule has 0 aromatic heterocycles. The number of nitrogens with one attached hydrogen (secondary N) is 2. The quantitative estimate of drug-likeness (QED) is 0.364. The molecule has 1 atom stereocenters. The molecule has 0 bridgehead atoms. The molecule has 21 heavy (non-hydrogen) atoms. The van der Waals surface area contributed by atoms with Crippen LogP contribution >= 0.6 is 0 Å². The number of hydrogen-bond donors (Lipinski definition) is 3. The average Bonchev–Trinajstić information content (AvgIpc) is 2.37. The fourth-order valence-electron chi connectivity index (χ4n) is 1.61. The third-order valence-electron chi connectivity index (χ3n) is 2.54. The fourth-order valence-corrected chi connectivity index (χ4v) is 1.61. The van der Waals surface area contributed by atoms with Gasteiger partial charge in [-0.15, -0.1) is 6.58 Å². The standard InChI is InChI=1S/C15H30N4O2/c1-6-8-9-12(19-13(16)17-10-7-2)11-18-14(20)21-15(3,4)5/h7,12H,2,6,8-11H2,1,3-5H3,(H,18,20)(H3,16,17,19). The molecule has 1 amide bonds. The van der Waals surface area contributed by atoms with E-state index in [-0.39, 0.29) is 6.04 Å². The van der Waals surface area contributed by atoms with Gasteiger partial charge in [-0.05, 0) is 27.2 Å². The van der Waals surface area contributed by atoms with Gasteiger partial charge in [0.15, 0.2) is 5.96 Å². The van der Waals surface area contributed by atoms with E-state index in [0.29, 0.717) is 19.0 Å². The van der Waals surface area contributed by atoms with Gasteiger partial charge in [0.2, 0.25) is 0 Å². The Kier molecular flexibility index (Phi) is 9.25. The van der Waals surface area contributed by atoms with E-state index >= 15 is 0 Å². The number of ether oxygens (including phenoxy) is 1. The van der Waals surface area contributed by atoms with Crippen molar-refractivity contribution in [2.24, 2.45) is 10.7 Å². The SMILES string of the molecule is C=CCN=C(N)NC(CCCC)CNC(=O)OC(C)(C)C. The van der Waals surface area contributed by atoms with Crippen molar-refractivity contribution in [1.29, 1.82) is 0 Å². The zero-order valence-electron chi connectivity index (χ0n) is 13.7. The number of hydrogen-bond acceptors (Lipinski definition) is 3. The van der Waals surface area contributed by atoms with Crippen LogP contribution in [0.1, 0.15) is 47.0 Å². The van der Waals surface area contributed by atoms with Crippen LogP contribution in [0.3, 0.4) is 0 Å². The molecule has 0 saturated heterocycles. The summed E-state index contributed by atoms with van der Waals surface area (Å²) < 4.78 is 5.21. The molecule has 0 fully saturated rings. The number of carbonyl (C=O) groups excluding carboxylic acids is 1. The lowest BCUT2D eigenvalue weighted by atomic mass is 10.1. The lowest BCUT2D eigenvalue weighted by molar-refractivity contribution is 0.0523. The molecule has 4 N–H and O–H groups in total. The Morgan fingerprint density at radius 1 is 1.48 bits per heavy atom. The van der Waals surface area contributed by atoms with Crippen LogP contribution in [-0.2, 0) is 4.74 Å². The Labute approximate surface area is 128 Å². The highest BCUT2D eigenvalue weighted by molar-refractivity contribution is 5.78. The molecule has 1 unspecified atom stereocenters. The first-order valence-electron chi connectivity index (χ1n) is 7.42. The molecule has 0 spiro atoms. The third kappa shape index (κ3) is 11.8. The summed E-state index contributed by atoms with van der Waals surface area (Å²) in [5.74, 6) is 0.363. The van der Waals surface area contributed by atoms with Crippen LogP contribution in [0, 0.1) is 0 Å². The molecule has 0 heterocycles. The number of unbranched alkanes of at least 4 members (excludes halogenated alkanes) is 1. The van der Waals surface area contributed by atoms with E-state index in [1.54, 1.807) is 6.08 Å². The van der Waals surface area contributed by atoms with Crippen molar-refractivity contribution in [1.82, 2.24) is 10.6 Å². The Morgan fingerprint density at radius 2 is 2.14 bits per heavy atom. The summed E-state index contributed by atoms with van der Waals surface area (Å²) in [4.78, 5) is 15.8. The molecule has 6 heteroatoms. The maximum atomic E-state index is 11.7. The minimum Gasteiger partial charge on any atom is -0.444 e. The minimum absolute atomic E-state index is 0.0334. The van der Waals surface area contributed by atoms with Crippen LogP contribution in [0.2, 0.25) is 0 Å². The highest BCUT2D eigenvalue weighted by Gasteiger charge is 2.17. The summed E-state index contributed by atoms with van der Waals surface area (Å²) in [5.41, 5.74) is 5.29.